The van der Waals surface area contributed by atoms with Crippen molar-refractivity contribution < 1.29 is 0 Å². The van der Waals surface area contributed by atoms with Gasteiger partial charge >= 0.3 is 0 Å². The Labute approximate surface area is 180 Å². The van der Waals surface area contributed by atoms with E-state index < -0.39 is 0 Å². The summed E-state index contributed by atoms with van der Waals surface area (Å²) in [6.45, 7) is 1.55. The molecule has 0 aliphatic heterocycles. The molecule has 0 radical (unpaired) electrons. The first-order chi connectivity index (χ1) is 13.3. The topological polar surface area (TPSA) is 82.4 Å². The second-order valence-corrected chi connectivity index (χ2v) is 6.33. The van der Waals surface area contributed by atoms with Crippen LogP contribution in [0.2, 0.25) is 0 Å². The number of aromatic nitrogens is 4. The molecule has 8 heteroatoms. The molecule has 4 rings (SSSR count). The second kappa shape index (κ2) is 9.54. The fourth-order valence-corrected chi connectivity index (χ4v) is 3.23. The third-order valence-electron chi connectivity index (χ3n) is 4.61. The molecule has 3 heterocycles. The Hall–Kier alpha value is -2.62. The van der Waals surface area contributed by atoms with Crippen molar-refractivity contribution in [2.24, 2.45) is 4.99 Å². The number of guanidine groups is 1. The third-order valence-corrected chi connectivity index (χ3v) is 4.61. The summed E-state index contributed by atoms with van der Waals surface area (Å²) in [4.78, 5) is 7.61. The monoisotopic (exact) mass is 489 g/mol. The average molecular weight is 489 g/mol. The summed E-state index contributed by atoms with van der Waals surface area (Å²) in [6, 6.07) is 14.3. The molecule has 0 bridgehead atoms. The number of rotatable bonds is 6. The average Bonchev–Trinajstić information content (AvgIpc) is 3.31. The minimum Gasteiger partial charge on any atom is -0.361 e. The van der Waals surface area contributed by atoms with Crippen LogP contribution in [0.5, 0.6) is 0 Å². The number of aliphatic imine (C=N–C) groups is 1. The molecule has 0 amide bonds. The zero-order valence-corrected chi connectivity index (χ0v) is 18.1. The Morgan fingerprint density at radius 3 is 2.68 bits per heavy atom. The van der Waals surface area contributed by atoms with E-state index in [4.69, 9.17) is 0 Å². The van der Waals surface area contributed by atoms with Gasteiger partial charge in [-0.3, -0.25) is 9.39 Å². The van der Waals surface area contributed by atoms with Crippen LogP contribution in [0.4, 0.5) is 0 Å². The fourth-order valence-electron chi connectivity index (χ4n) is 3.23. The van der Waals surface area contributed by atoms with E-state index in [9.17, 15) is 0 Å². The van der Waals surface area contributed by atoms with Gasteiger partial charge in [0.15, 0.2) is 11.6 Å². The van der Waals surface area contributed by atoms with Crippen LogP contribution < -0.4 is 10.6 Å². The van der Waals surface area contributed by atoms with Gasteiger partial charge in [0, 0.05) is 49.9 Å². The van der Waals surface area contributed by atoms with Gasteiger partial charge < -0.3 is 15.6 Å². The van der Waals surface area contributed by atoms with Gasteiger partial charge in [0.1, 0.15) is 5.82 Å². The van der Waals surface area contributed by atoms with Gasteiger partial charge in [-0.05, 0) is 30.2 Å². The van der Waals surface area contributed by atoms with E-state index in [0.29, 0.717) is 0 Å². The molecule has 3 N–H and O–H groups in total. The number of nitrogens with one attached hydrogen (secondary N) is 3. The summed E-state index contributed by atoms with van der Waals surface area (Å²) in [5, 5.41) is 16.4. The van der Waals surface area contributed by atoms with Crippen LogP contribution in [-0.2, 0) is 12.8 Å². The van der Waals surface area contributed by atoms with E-state index in [0.717, 1.165) is 43.4 Å². The highest BCUT2D eigenvalue weighted by Gasteiger charge is 2.06. The zero-order chi connectivity index (χ0) is 18.5. The molecule has 0 saturated heterocycles. The molecule has 0 atom stereocenters. The van der Waals surface area contributed by atoms with Crippen LogP contribution in [-0.4, -0.2) is 45.7 Å². The van der Waals surface area contributed by atoms with Gasteiger partial charge in [-0.1, -0.05) is 24.3 Å². The van der Waals surface area contributed by atoms with Gasteiger partial charge in [-0.2, -0.15) is 0 Å². The number of hydrogen-bond acceptors (Lipinski definition) is 3. The number of aromatic amines is 1. The zero-order valence-electron chi connectivity index (χ0n) is 15.7. The summed E-state index contributed by atoms with van der Waals surface area (Å²) in [5.41, 5.74) is 3.35. The van der Waals surface area contributed by atoms with Crippen LogP contribution >= 0.6 is 24.0 Å². The van der Waals surface area contributed by atoms with Crippen molar-refractivity contribution in [3.63, 3.8) is 0 Å². The summed E-state index contributed by atoms with van der Waals surface area (Å²) in [7, 11) is 1.79. The standard InChI is InChI=1S/C20H23N7.HI/c1-21-20(22-11-9-15-14-24-17-7-3-2-6-16(15)17)23-12-10-19-26-25-18-8-4-5-13-27(18)19;/h2-8,13-14,24H,9-12H2,1H3,(H2,21,22,23);1H. The summed E-state index contributed by atoms with van der Waals surface area (Å²) < 4.78 is 2.01. The van der Waals surface area contributed by atoms with Gasteiger partial charge in [-0.25, -0.2) is 0 Å². The maximum absolute atomic E-state index is 4.29. The maximum atomic E-state index is 4.29. The van der Waals surface area contributed by atoms with Crippen LogP contribution in [0.1, 0.15) is 11.4 Å². The van der Waals surface area contributed by atoms with E-state index in [1.54, 1.807) is 7.05 Å². The van der Waals surface area contributed by atoms with Crippen molar-refractivity contribution in [2.75, 3.05) is 20.1 Å². The Morgan fingerprint density at radius 2 is 1.82 bits per heavy atom. The predicted octanol–water partition coefficient (Wildman–Crippen LogP) is 2.78. The van der Waals surface area contributed by atoms with Crippen molar-refractivity contribution in [1.82, 2.24) is 30.2 Å². The minimum absolute atomic E-state index is 0. The number of para-hydroxylation sites is 1. The largest absolute Gasteiger partial charge is 0.361 e. The fraction of sp³-hybridized carbons (Fsp3) is 0.250. The molecule has 146 valence electrons. The van der Waals surface area contributed by atoms with E-state index in [1.807, 2.05) is 34.9 Å². The summed E-state index contributed by atoms with van der Waals surface area (Å²) in [6.07, 6.45) is 5.77. The van der Waals surface area contributed by atoms with E-state index in [-0.39, 0.29) is 24.0 Å². The molecule has 0 aliphatic carbocycles. The van der Waals surface area contributed by atoms with E-state index in [2.05, 4.69) is 55.2 Å². The SMILES string of the molecule is CN=C(NCCc1c[nH]c2ccccc12)NCCc1nnc2ccccn12.I. The lowest BCUT2D eigenvalue weighted by Gasteiger charge is -2.11. The third kappa shape index (κ3) is 4.44. The molecule has 4 aromatic rings. The number of pyridine rings is 1. The highest BCUT2D eigenvalue weighted by molar-refractivity contribution is 14.0. The predicted molar refractivity (Wildman–Crippen MR) is 123 cm³/mol. The first kappa shape index (κ1) is 20.1. The van der Waals surface area contributed by atoms with E-state index >= 15 is 0 Å². The molecule has 1 aromatic carbocycles. The van der Waals surface area contributed by atoms with Crippen molar-refractivity contribution in [1.29, 1.82) is 0 Å². The second-order valence-electron chi connectivity index (χ2n) is 6.33. The maximum Gasteiger partial charge on any atom is 0.191 e. The van der Waals surface area contributed by atoms with Gasteiger partial charge in [0.25, 0.3) is 0 Å². The lowest BCUT2D eigenvalue weighted by atomic mass is 10.1. The Balaban J connectivity index is 0.00000225. The number of benzene rings is 1. The number of nitrogens with zero attached hydrogens (tertiary/aromatic N) is 4. The van der Waals surface area contributed by atoms with Gasteiger partial charge in [0.2, 0.25) is 0 Å². The normalized spacial score (nSPS) is 11.5. The molecule has 0 fully saturated rings. The molecule has 0 spiro atoms. The molecular weight excluding hydrogens is 465 g/mol. The van der Waals surface area contributed by atoms with Gasteiger partial charge in [0.05, 0.1) is 0 Å². The minimum atomic E-state index is 0. The first-order valence-corrected chi connectivity index (χ1v) is 9.13. The molecule has 0 saturated carbocycles. The lowest BCUT2D eigenvalue weighted by molar-refractivity contribution is 0.757. The number of halogens is 1. The van der Waals surface area contributed by atoms with Crippen LogP contribution in [0.25, 0.3) is 16.6 Å². The van der Waals surface area contributed by atoms with Crippen molar-refractivity contribution >= 4 is 46.5 Å². The molecule has 0 aliphatic rings. The Morgan fingerprint density at radius 1 is 1.04 bits per heavy atom. The summed E-state index contributed by atoms with van der Waals surface area (Å²) >= 11 is 0. The first-order valence-electron chi connectivity index (χ1n) is 9.13. The molecule has 3 aromatic heterocycles. The molecular formula is C20H24IN7. The highest BCUT2D eigenvalue weighted by Crippen LogP contribution is 2.17. The van der Waals surface area contributed by atoms with Crippen LogP contribution in [0.15, 0.2) is 59.9 Å². The summed E-state index contributed by atoms with van der Waals surface area (Å²) in [5.74, 6) is 1.73. The van der Waals surface area contributed by atoms with E-state index in [1.165, 1.54) is 16.5 Å². The van der Waals surface area contributed by atoms with Crippen LogP contribution in [0, 0.1) is 0 Å². The molecule has 7 nitrogen and oxygen atoms in total. The van der Waals surface area contributed by atoms with Crippen molar-refractivity contribution in [2.45, 2.75) is 12.8 Å². The van der Waals surface area contributed by atoms with Crippen molar-refractivity contribution in [3.05, 3.63) is 66.2 Å². The quantitative estimate of drug-likeness (QED) is 0.221. The Kier molecular flexibility index (Phi) is 6.85. The Bertz CT molecular complexity index is 984. The number of hydrogen-bond donors (Lipinski definition) is 3. The lowest BCUT2D eigenvalue weighted by Crippen LogP contribution is -2.39. The molecule has 28 heavy (non-hydrogen) atoms. The van der Waals surface area contributed by atoms with Crippen LogP contribution in [0.3, 0.4) is 0 Å². The number of H-pyrrole nitrogens is 1. The van der Waals surface area contributed by atoms with Gasteiger partial charge in [-0.15, -0.1) is 34.2 Å². The molecule has 0 unspecified atom stereocenters. The van der Waals surface area contributed by atoms with Crippen molar-refractivity contribution in [3.8, 4) is 0 Å². The smallest absolute Gasteiger partial charge is 0.191 e. The highest BCUT2D eigenvalue weighted by atomic mass is 127. The number of fused-ring (bicyclic) bond motifs is 2.